The normalized spacial score (nSPS) is 11.5. The second-order valence-corrected chi connectivity index (χ2v) is 8.35. The van der Waals surface area contributed by atoms with Crippen molar-refractivity contribution in [2.75, 3.05) is 13.7 Å². The van der Waals surface area contributed by atoms with Crippen LogP contribution >= 0.6 is 0 Å². The summed E-state index contributed by atoms with van der Waals surface area (Å²) in [6, 6.07) is 19.9. The van der Waals surface area contributed by atoms with E-state index in [0.717, 1.165) is 50.8 Å². The third-order valence-electron chi connectivity index (χ3n) is 5.90. The Morgan fingerprint density at radius 2 is 1.77 bits per heavy atom. The summed E-state index contributed by atoms with van der Waals surface area (Å²) in [4.78, 5) is 11.3. The number of furan rings is 1. The molecule has 0 aliphatic rings. The quantitative estimate of drug-likeness (QED) is 0.187. The molecule has 0 unspecified atom stereocenters. The van der Waals surface area contributed by atoms with Crippen molar-refractivity contribution in [3.63, 3.8) is 0 Å². The van der Waals surface area contributed by atoms with Crippen molar-refractivity contribution in [1.29, 1.82) is 0 Å². The topological polar surface area (TPSA) is 74.7 Å². The summed E-state index contributed by atoms with van der Waals surface area (Å²) in [5, 5.41) is 4.24. The largest absolute Gasteiger partial charge is 0.489 e. The predicted octanol–water partition coefficient (Wildman–Crippen LogP) is 6.78. The highest BCUT2D eigenvalue weighted by Gasteiger charge is 2.17. The molecule has 6 nitrogen and oxygen atoms in total. The number of ether oxygens (including phenoxy) is 2. The van der Waals surface area contributed by atoms with Crippen LogP contribution in [0.25, 0.3) is 22.6 Å². The Labute approximate surface area is 205 Å². The summed E-state index contributed by atoms with van der Waals surface area (Å²) in [6.45, 7) is 4.37. The minimum atomic E-state index is -0.209. The average Bonchev–Trinajstić information content (AvgIpc) is 3.54. The molecule has 0 spiro atoms. The molecule has 4 aromatic rings. The molecule has 0 saturated carbocycles. The van der Waals surface area contributed by atoms with Gasteiger partial charge < -0.3 is 18.4 Å². The van der Waals surface area contributed by atoms with Crippen LogP contribution in [0.2, 0.25) is 0 Å². The first-order valence-corrected chi connectivity index (χ1v) is 11.6. The number of hydrogen-bond donors (Lipinski definition) is 0. The SMILES string of the molecule is COC(=O)CC/C(C)=C/COc1ccccc1Cc1c(C)noc1-c1ccc(-c2ccco2)cc1. The summed E-state index contributed by atoms with van der Waals surface area (Å²) < 4.78 is 22.0. The second kappa shape index (κ2) is 11.4. The van der Waals surface area contributed by atoms with E-state index in [0.29, 0.717) is 25.9 Å². The van der Waals surface area contributed by atoms with Crippen LogP contribution in [0.1, 0.15) is 36.6 Å². The van der Waals surface area contributed by atoms with Gasteiger partial charge in [-0.05, 0) is 50.1 Å². The number of benzene rings is 2. The predicted molar refractivity (Wildman–Crippen MR) is 134 cm³/mol. The summed E-state index contributed by atoms with van der Waals surface area (Å²) in [7, 11) is 1.40. The molecule has 0 radical (unpaired) electrons. The minimum Gasteiger partial charge on any atom is -0.489 e. The number of methoxy groups -OCH3 is 1. The van der Waals surface area contributed by atoms with Crippen LogP contribution in [-0.4, -0.2) is 24.8 Å². The van der Waals surface area contributed by atoms with Crippen molar-refractivity contribution in [3.8, 4) is 28.4 Å². The fraction of sp³-hybridized carbons (Fsp3) is 0.241. The van der Waals surface area contributed by atoms with Crippen LogP contribution in [0.4, 0.5) is 0 Å². The van der Waals surface area contributed by atoms with Crippen molar-refractivity contribution >= 4 is 5.97 Å². The molecular weight excluding hydrogens is 442 g/mol. The first-order chi connectivity index (χ1) is 17.0. The molecule has 0 aliphatic heterocycles. The van der Waals surface area contributed by atoms with Crippen LogP contribution in [0, 0.1) is 6.92 Å². The van der Waals surface area contributed by atoms with Gasteiger partial charge in [0.15, 0.2) is 5.76 Å². The third-order valence-corrected chi connectivity index (χ3v) is 5.90. The maximum Gasteiger partial charge on any atom is 0.305 e. The van der Waals surface area contributed by atoms with E-state index in [1.165, 1.54) is 7.11 Å². The van der Waals surface area contributed by atoms with Crippen LogP contribution in [0.3, 0.4) is 0 Å². The van der Waals surface area contributed by atoms with Gasteiger partial charge in [0.05, 0.1) is 19.1 Å². The van der Waals surface area contributed by atoms with Gasteiger partial charge >= 0.3 is 5.97 Å². The van der Waals surface area contributed by atoms with Crippen LogP contribution in [-0.2, 0) is 16.0 Å². The van der Waals surface area contributed by atoms with Gasteiger partial charge in [-0.2, -0.15) is 0 Å². The number of aromatic nitrogens is 1. The number of carbonyl (C=O) groups excluding carboxylic acids is 1. The maximum atomic E-state index is 11.3. The summed E-state index contributed by atoms with van der Waals surface area (Å²) in [6.07, 6.45) is 5.31. The van der Waals surface area contributed by atoms with Crippen molar-refractivity contribution in [2.24, 2.45) is 0 Å². The van der Waals surface area contributed by atoms with Gasteiger partial charge in [-0.3, -0.25) is 4.79 Å². The summed E-state index contributed by atoms with van der Waals surface area (Å²) in [5.41, 5.74) is 5.97. The summed E-state index contributed by atoms with van der Waals surface area (Å²) >= 11 is 0. The van der Waals surface area contributed by atoms with E-state index in [2.05, 4.69) is 11.2 Å². The molecule has 2 aromatic heterocycles. The zero-order valence-corrected chi connectivity index (χ0v) is 20.2. The number of aryl methyl sites for hydroxylation is 1. The highest BCUT2D eigenvalue weighted by molar-refractivity contribution is 5.69. The maximum absolute atomic E-state index is 11.3. The van der Waals surface area contributed by atoms with Gasteiger partial charge in [0.25, 0.3) is 0 Å². The zero-order chi connectivity index (χ0) is 24.6. The lowest BCUT2D eigenvalue weighted by Crippen LogP contribution is -2.02. The van der Waals surface area contributed by atoms with Gasteiger partial charge in [-0.25, -0.2) is 0 Å². The number of esters is 1. The van der Waals surface area contributed by atoms with Crippen LogP contribution in [0.5, 0.6) is 5.75 Å². The van der Waals surface area contributed by atoms with Crippen LogP contribution < -0.4 is 4.74 Å². The van der Waals surface area contributed by atoms with E-state index >= 15 is 0 Å². The lowest BCUT2D eigenvalue weighted by Gasteiger charge is -2.11. The molecule has 0 amide bonds. The molecule has 0 atom stereocenters. The Hall–Kier alpha value is -4.06. The molecule has 0 saturated heterocycles. The lowest BCUT2D eigenvalue weighted by molar-refractivity contribution is -0.140. The molecule has 2 aromatic carbocycles. The number of carbonyl (C=O) groups is 1. The first-order valence-electron chi connectivity index (χ1n) is 11.6. The molecule has 2 heterocycles. The molecule has 0 N–H and O–H groups in total. The number of hydrogen-bond acceptors (Lipinski definition) is 6. The monoisotopic (exact) mass is 471 g/mol. The Kier molecular flexibility index (Phi) is 7.83. The molecular formula is C29H29NO5. The Morgan fingerprint density at radius 3 is 2.51 bits per heavy atom. The number of para-hydroxylation sites is 1. The van der Waals surface area contributed by atoms with Gasteiger partial charge in [0, 0.05) is 29.5 Å². The van der Waals surface area contributed by atoms with Gasteiger partial charge in [-0.15, -0.1) is 0 Å². The standard InChI is InChI=1S/C29H29NO5/c1-20(10-15-28(31)32-3)16-18-34-27-8-5-4-7-24(27)19-25-21(2)30-35-29(25)23-13-11-22(12-14-23)26-9-6-17-33-26/h4-9,11-14,16-17H,10,15,18-19H2,1-3H3/b20-16+. The van der Waals surface area contributed by atoms with Gasteiger partial charge in [0.2, 0.25) is 0 Å². The highest BCUT2D eigenvalue weighted by atomic mass is 16.5. The number of rotatable bonds is 10. The molecule has 6 heteroatoms. The van der Waals surface area contributed by atoms with E-state index in [1.54, 1.807) is 6.26 Å². The lowest BCUT2D eigenvalue weighted by atomic mass is 9.98. The van der Waals surface area contributed by atoms with E-state index in [9.17, 15) is 4.79 Å². The average molecular weight is 472 g/mol. The molecule has 4 rings (SSSR count). The summed E-state index contributed by atoms with van der Waals surface area (Å²) in [5.74, 6) is 2.18. The van der Waals surface area contributed by atoms with Crippen molar-refractivity contribution in [3.05, 3.63) is 95.4 Å². The van der Waals surface area contributed by atoms with Crippen molar-refractivity contribution in [2.45, 2.75) is 33.1 Å². The molecule has 180 valence electrons. The van der Waals surface area contributed by atoms with E-state index in [4.69, 9.17) is 18.4 Å². The fourth-order valence-electron chi connectivity index (χ4n) is 3.81. The Bertz CT molecular complexity index is 1280. The number of allylic oxidation sites excluding steroid dienone is 1. The van der Waals surface area contributed by atoms with E-state index < -0.39 is 0 Å². The third kappa shape index (κ3) is 6.09. The Morgan fingerprint density at radius 1 is 1.00 bits per heavy atom. The second-order valence-electron chi connectivity index (χ2n) is 8.35. The Balaban J connectivity index is 1.48. The van der Waals surface area contributed by atoms with E-state index in [-0.39, 0.29) is 5.97 Å². The van der Waals surface area contributed by atoms with Crippen molar-refractivity contribution in [1.82, 2.24) is 5.16 Å². The van der Waals surface area contributed by atoms with Crippen molar-refractivity contribution < 1.29 is 23.2 Å². The van der Waals surface area contributed by atoms with Crippen LogP contribution in [0.15, 0.2) is 87.5 Å². The molecule has 35 heavy (non-hydrogen) atoms. The molecule has 0 fully saturated rings. The smallest absolute Gasteiger partial charge is 0.305 e. The molecule has 0 bridgehead atoms. The van der Waals surface area contributed by atoms with Gasteiger partial charge in [-0.1, -0.05) is 53.2 Å². The number of nitrogens with zero attached hydrogens (tertiary/aromatic N) is 1. The zero-order valence-electron chi connectivity index (χ0n) is 20.2. The van der Waals surface area contributed by atoms with E-state index in [1.807, 2.05) is 74.5 Å². The van der Waals surface area contributed by atoms with Gasteiger partial charge in [0.1, 0.15) is 18.1 Å². The molecule has 0 aliphatic carbocycles. The minimum absolute atomic E-state index is 0.209. The fourth-order valence-corrected chi connectivity index (χ4v) is 3.81. The first kappa shape index (κ1) is 24.1. The highest BCUT2D eigenvalue weighted by Crippen LogP contribution is 2.32.